The Morgan fingerprint density at radius 1 is 1.47 bits per heavy atom. The van der Waals surface area contributed by atoms with Crippen molar-refractivity contribution >= 4 is 5.91 Å². The number of likely N-dealkylation sites (N-methyl/N-ethyl adjacent to an activating group) is 1. The number of hydrogen-bond donors (Lipinski definition) is 1. The van der Waals surface area contributed by atoms with E-state index in [1.165, 1.54) is 12.8 Å². The molecule has 1 amide bonds. The molecule has 0 aromatic carbocycles. The van der Waals surface area contributed by atoms with Gasteiger partial charge in [-0.25, -0.2) is 0 Å². The molecule has 3 fully saturated rings. The van der Waals surface area contributed by atoms with Crippen LogP contribution in [0.15, 0.2) is 0 Å². The lowest BCUT2D eigenvalue weighted by Gasteiger charge is -2.26. The molecule has 17 heavy (non-hydrogen) atoms. The van der Waals surface area contributed by atoms with Gasteiger partial charge in [0.05, 0.1) is 11.7 Å². The minimum Gasteiger partial charge on any atom is -0.325 e. The second-order valence-corrected chi connectivity index (χ2v) is 5.76. The first-order valence-corrected chi connectivity index (χ1v) is 6.99. The van der Waals surface area contributed by atoms with Crippen LogP contribution in [0.4, 0.5) is 0 Å². The van der Waals surface area contributed by atoms with E-state index in [-0.39, 0.29) is 11.7 Å². The quantitative estimate of drug-likeness (QED) is 0.767. The Balaban J connectivity index is 1.55. The van der Waals surface area contributed by atoms with E-state index in [1.807, 2.05) is 4.90 Å². The number of carbonyl (C=O) groups is 1. The zero-order valence-corrected chi connectivity index (χ0v) is 10.9. The third kappa shape index (κ3) is 1.97. The summed E-state index contributed by atoms with van der Waals surface area (Å²) in [4.78, 5) is 16.8. The average Bonchev–Trinajstić information content (AvgIpc) is 3.16. The summed E-state index contributed by atoms with van der Waals surface area (Å²) in [6.45, 7) is 7.36. The number of nitrogens with one attached hydrogen (secondary N) is 1. The highest BCUT2D eigenvalue weighted by Crippen LogP contribution is 2.41. The van der Waals surface area contributed by atoms with Crippen molar-refractivity contribution in [3.8, 4) is 0 Å². The maximum Gasteiger partial charge on any atom is 0.244 e. The van der Waals surface area contributed by atoms with Crippen LogP contribution in [0.1, 0.15) is 39.5 Å². The largest absolute Gasteiger partial charge is 0.325 e. The summed E-state index contributed by atoms with van der Waals surface area (Å²) < 4.78 is 0. The van der Waals surface area contributed by atoms with Crippen LogP contribution >= 0.6 is 0 Å². The molecule has 1 spiro atoms. The van der Waals surface area contributed by atoms with Crippen molar-refractivity contribution in [1.82, 2.24) is 15.1 Å². The summed E-state index contributed by atoms with van der Waals surface area (Å²) in [5.41, 5.74) is -0.143. The Hall–Kier alpha value is -0.610. The van der Waals surface area contributed by atoms with Gasteiger partial charge in [-0.15, -0.1) is 0 Å². The van der Waals surface area contributed by atoms with Gasteiger partial charge in [0.15, 0.2) is 0 Å². The van der Waals surface area contributed by atoms with Crippen LogP contribution in [0.25, 0.3) is 0 Å². The van der Waals surface area contributed by atoms with E-state index >= 15 is 0 Å². The molecule has 2 aliphatic carbocycles. The number of amides is 1. The van der Waals surface area contributed by atoms with E-state index in [0.29, 0.717) is 5.91 Å². The minimum atomic E-state index is -0.143. The topological polar surface area (TPSA) is 35.6 Å². The predicted octanol–water partition coefficient (Wildman–Crippen LogP) is 0.781. The van der Waals surface area contributed by atoms with Crippen LogP contribution in [-0.4, -0.2) is 53.1 Å². The molecular weight excluding hydrogens is 214 g/mol. The Morgan fingerprint density at radius 2 is 2.18 bits per heavy atom. The number of rotatable bonds is 5. The van der Waals surface area contributed by atoms with Crippen molar-refractivity contribution in [2.24, 2.45) is 0 Å². The molecule has 1 heterocycles. The second kappa shape index (κ2) is 3.95. The number of hydrogen-bond acceptors (Lipinski definition) is 3. The molecule has 4 heteroatoms. The van der Waals surface area contributed by atoms with Gasteiger partial charge in [-0.3, -0.25) is 15.0 Å². The van der Waals surface area contributed by atoms with Crippen LogP contribution in [0.3, 0.4) is 0 Å². The normalized spacial score (nSPS) is 30.6. The molecule has 4 nitrogen and oxygen atoms in total. The van der Waals surface area contributed by atoms with Crippen molar-refractivity contribution in [3.05, 3.63) is 0 Å². The van der Waals surface area contributed by atoms with Crippen molar-refractivity contribution in [3.63, 3.8) is 0 Å². The summed E-state index contributed by atoms with van der Waals surface area (Å²) in [7, 11) is 0. The van der Waals surface area contributed by atoms with Gasteiger partial charge in [-0.1, -0.05) is 6.92 Å². The monoisotopic (exact) mass is 237 g/mol. The van der Waals surface area contributed by atoms with Gasteiger partial charge in [-0.05, 0) is 39.2 Å². The van der Waals surface area contributed by atoms with Crippen molar-refractivity contribution < 1.29 is 4.79 Å². The van der Waals surface area contributed by atoms with E-state index in [1.54, 1.807) is 0 Å². The molecule has 1 unspecified atom stereocenters. The molecular formula is C13H23N3O. The van der Waals surface area contributed by atoms with Gasteiger partial charge in [-0.2, -0.15) is 0 Å². The van der Waals surface area contributed by atoms with Crippen molar-refractivity contribution in [1.29, 1.82) is 0 Å². The fourth-order valence-corrected chi connectivity index (χ4v) is 3.04. The van der Waals surface area contributed by atoms with Gasteiger partial charge in [0.25, 0.3) is 0 Å². The highest BCUT2D eigenvalue weighted by Gasteiger charge is 2.57. The molecule has 0 aromatic rings. The second-order valence-electron chi connectivity index (χ2n) is 5.76. The van der Waals surface area contributed by atoms with E-state index in [0.717, 1.165) is 38.5 Å². The molecule has 96 valence electrons. The molecule has 0 radical (unpaired) electrons. The van der Waals surface area contributed by atoms with Crippen LogP contribution in [0.2, 0.25) is 0 Å². The maximum atomic E-state index is 12.2. The van der Waals surface area contributed by atoms with E-state index in [2.05, 4.69) is 24.1 Å². The minimum absolute atomic E-state index is 0.143. The average molecular weight is 237 g/mol. The first kappa shape index (κ1) is 11.5. The lowest BCUT2D eigenvalue weighted by molar-refractivity contribution is -0.130. The smallest absolute Gasteiger partial charge is 0.244 e. The predicted molar refractivity (Wildman–Crippen MR) is 66.5 cm³/mol. The van der Waals surface area contributed by atoms with Crippen LogP contribution in [0, 0.1) is 0 Å². The summed E-state index contributed by atoms with van der Waals surface area (Å²) in [5, 5.41) is 3.45. The summed E-state index contributed by atoms with van der Waals surface area (Å²) in [6, 6.07) is 0.802. The van der Waals surface area contributed by atoms with Gasteiger partial charge < -0.3 is 4.90 Å². The molecule has 1 atom stereocenters. The van der Waals surface area contributed by atoms with E-state index in [4.69, 9.17) is 0 Å². The summed E-state index contributed by atoms with van der Waals surface area (Å²) >= 11 is 0. The Bertz CT molecular complexity index is 323. The zero-order valence-electron chi connectivity index (χ0n) is 10.9. The Morgan fingerprint density at radius 3 is 2.65 bits per heavy atom. The lowest BCUT2D eigenvalue weighted by Crippen LogP contribution is -2.41. The maximum absolute atomic E-state index is 12.2. The summed E-state index contributed by atoms with van der Waals surface area (Å²) in [6.07, 6.45) is 4.99. The molecule has 0 aromatic heterocycles. The van der Waals surface area contributed by atoms with Crippen molar-refractivity contribution in [2.45, 2.75) is 57.3 Å². The van der Waals surface area contributed by atoms with E-state index < -0.39 is 0 Å². The third-order valence-corrected chi connectivity index (χ3v) is 4.47. The lowest BCUT2D eigenvalue weighted by atomic mass is 10.3. The fraction of sp³-hybridized carbons (Fsp3) is 0.923. The molecule has 1 N–H and O–H groups in total. The Labute approximate surface area is 103 Å². The molecule has 1 aliphatic heterocycles. The number of carbonyl (C=O) groups excluding carboxylic acids is 1. The SMILES string of the molecule is CCN(CCN1C(=O)C2(CC2)NC1C)C1CC1. The molecule has 2 saturated carbocycles. The first-order valence-electron chi connectivity index (χ1n) is 6.99. The highest BCUT2D eigenvalue weighted by atomic mass is 16.2. The molecule has 0 bridgehead atoms. The highest BCUT2D eigenvalue weighted by molar-refractivity contribution is 5.91. The molecule has 3 aliphatic rings. The third-order valence-electron chi connectivity index (χ3n) is 4.47. The fourth-order valence-electron chi connectivity index (χ4n) is 3.04. The first-order chi connectivity index (χ1) is 8.16. The van der Waals surface area contributed by atoms with Crippen LogP contribution < -0.4 is 5.32 Å². The van der Waals surface area contributed by atoms with Crippen LogP contribution in [0.5, 0.6) is 0 Å². The van der Waals surface area contributed by atoms with Gasteiger partial charge in [0.2, 0.25) is 5.91 Å². The molecule has 1 saturated heterocycles. The van der Waals surface area contributed by atoms with Crippen LogP contribution in [-0.2, 0) is 4.79 Å². The standard InChI is InChI=1S/C13H23N3O/c1-3-15(11-4-5-11)8-9-16-10(2)14-13(6-7-13)12(16)17/h10-11,14H,3-9H2,1-2H3. The van der Waals surface area contributed by atoms with Gasteiger partial charge >= 0.3 is 0 Å². The summed E-state index contributed by atoms with van der Waals surface area (Å²) in [5.74, 6) is 0.344. The number of nitrogens with zero attached hydrogens (tertiary/aromatic N) is 2. The van der Waals surface area contributed by atoms with Crippen molar-refractivity contribution in [2.75, 3.05) is 19.6 Å². The van der Waals surface area contributed by atoms with E-state index in [9.17, 15) is 4.79 Å². The van der Waals surface area contributed by atoms with Gasteiger partial charge in [0.1, 0.15) is 0 Å². The Kier molecular flexibility index (Phi) is 2.67. The van der Waals surface area contributed by atoms with Gasteiger partial charge in [0, 0.05) is 19.1 Å². The zero-order chi connectivity index (χ0) is 12.0. The molecule has 3 rings (SSSR count).